The Kier molecular flexibility index (Phi) is 38.6. The Hall–Kier alpha value is 0.0574. The van der Waals surface area contributed by atoms with Crippen LogP contribution >= 0.6 is 0 Å². The van der Waals surface area contributed by atoms with Crippen LogP contribution < -0.4 is 0 Å². The van der Waals surface area contributed by atoms with Crippen LogP contribution in [0.15, 0.2) is 0 Å². The molecular weight excluding hydrogens is 894 g/mol. The molecule has 0 aromatic heterocycles. The van der Waals surface area contributed by atoms with Gasteiger partial charge in [0.1, 0.15) is 0 Å². The van der Waals surface area contributed by atoms with E-state index in [0.717, 1.165) is 60.2 Å². The van der Waals surface area contributed by atoms with Crippen molar-refractivity contribution in [2.75, 3.05) is 13.2 Å². The third-order valence-electron chi connectivity index (χ3n) is 11.2. The molecule has 0 fully saturated rings. The van der Waals surface area contributed by atoms with Gasteiger partial charge in [0.25, 0.3) is 0 Å². The summed E-state index contributed by atoms with van der Waals surface area (Å²) in [4.78, 5) is 22.8. The van der Waals surface area contributed by atoms with Gasteiger partial charge in [-0.2, -0.15) is 0 Å². The number of ether oxygens (including phenoxy) is 2. The van der Waals surface area contributed by atoms with Gasteiger partial charge < -0.3 is 0 Å². The van der Waals surface area contributed by atoms with Gasteiger partial charge in [0, 0.05) is 0 Å². The van der Waals surface area contributed by atoms with E-state index < -0.39 is 53.1 Å². The summed E-state index contributed by atoms with van der Waals surface area (Å²) in [5.41, 5.74) is 0. The van der Waals surface area contributed by atoms with Crippen molar-refractivity contribution < 1.29 is 33.8 Å². The average Bonchev–Trinajstić information content (AvgIpc) is 3.14. The van der Waals surface area contributed by atoms with E-state index in [0.29, 0.717) is 18.3 Å². The van der Waals surface area contributed by atoms with E-state index in [2.05, 4.69) is 41.5 Å². The molecule has 320 valence electrons. The predicted molar refractivity (Wildman–Crippen MR) is 229 cm³/mol. The molecule has 4 unspecified atom stereocenters. The van der Waals surface area contributed by atoms with E-state index in [1.807, 2.05) is 0 Å². The van der Waals surface area contributed by atoms with Gasteiger partial charge in [-0.15, -0.1) is 0 Å². The van der Waals surface area contributed by atoms with E-state index in [4.69, 9.17) is 14.0 Å². The number of unbranched alkanes of at least 4 members (excludes halogenated alkanes) is 15. The Morgan fingerprint density at radius 3 is 1.37 bits per heavy atom. The fourth-order valence-electron chi connectivity index (χ4n) is 8.17. The number of carboxylic acid groups (broad SMARTS) is 2. The Morgan fingerprint density at radius 2 is 0.907 bits per heavy atom. The first-order valence-electron chi connectivity index (χ1n) is 23.0. The topological polar surface area (TPSA) is 112 Å². The van der Waals surface area contributed by atoms with Crippen LogP contribution in [0.25, 0.3) is 0 Å². The van der Waals surface area contributed by atoms with E-state index in [1.54, 1.807) is 0 Å². The summed E-state index contributed by atoms with van der Waals surface area (Å²) in [5, 5.41) is 18.6. The van der Waals surface area contributed by atoms with Crippen molar-refractivity contribution in [2.45, 2.75) is 234 Å². The van der Waals surface area contributed by atoms with Gasteiger partial charge in [-0.05, 0) is 0 Å². The van der Waals surface area contributed by atoms with Crippen LogP contribution in [0.1, 0.15) is 215 Å². The van der Waals surface area contributed by atoms with Crippen LogP contribution in [0.5, 0.6) is 0 Å². The van der Waals surface area contributed by atoms with Crippen molar-refractivity contribution in [3.8, 4) is 0 Å². The van der Waals surface area contributed by atoms with E-state index >= 15 is 0 Å². The molecule has 0 saturated heterocycles. The Morgan fingerprint density at radius 1 is 0.500 bits per heavy atom. The zero-order valence-electron chi connectivity index (χ0n) is 36.3. The fraction of sp³-hybridized carbons (Fsp3) is 0.955. The van der Waals surface area contributed by atoms with E-state index in [9.17, 15) is 19.8 Å². The first-order valence-corrected chi connectivity index (χ1v) is 32.6. The summed E-state index contributed by atoms with van der Waals surface area (Å²) >= 11 is -4.68. The molecule has 4 atom stereocenters. The van der Waals surface area contributed by atoms with E-state index in [-0.39, 0.29) is 25.2 Å². The third kappa shape index (κ3) is 30.2. The van der Waals surface area contributed by atoms with E-state index in [1.165, 1.54) is 120 Å². The number of hydrogen-bond acceptors (Lipinski definition) is 6. The second kappa shape index (κ2) is 38.6. The van der Waals surface area contributed by atoms with Gasteiger partial charge in [0.05, 0.1) is 0 Å². The molecule has 0 amide bonds. The van der Waals surface area contributed by atoms with Crippen molar-refractivity contribution in [1.82, 2.24) is 0 Å². The van der Waals surface area contributed by atoms with Crippen molar-refractivity contribution >= 4 is 53.1 Å². The monoisotopic (exact) mass is 984 g/mol. The molecule has 0 bridgehead atoms. The summed E-state index contributed by atoms with van der Waals surface area (Å²) in [5.74, 6) is 0.932. The SMILES string of the molecule is CCCCCCC[CH2][Sn][O][Sn]([CH2]CCCCCCC)([CH2]CCCCCCC)[O]C(CC(CCC)C(CCC)CCOC(=O)O)C(CCC)CCOC(=O)O. The summed E-state index contributed by atoms with van der Waals surface area (Å²) in [6, 6.07) is 0. The molecular formula is C44H88O8Sn2. The quantitative estimate of drug-likeness (QED) is 0.0354. The molecule has 0 rings (SSSR count). The van der Waals surface area contributed by atoms with Gasteiger partial charge in [-0.1, -0.05) is 0 Å². The third-order valence-corrected chi connectivity index (χ3v) is 32.6. The maximum absolute atomic E-state index is 11.5. The van der Waals surface area contributed by atoms with Crippen LogP contribution in [-0.2, 0) is 14.0 Å². The van der Waals surface area contributed by atoms with Crippen molar-refractivity contribution in [3.05, 3.63) is 0 Å². The summed E-state index contributed by atoms with van der Waals surface area (Å²) < 4.78 is 29.1. The standard InChI is InChI=1S/C20H37O7.3C8H17.O.2Sn/c1-4-7-15(10-12-26-19(22)23)17(9-6-3)14-18(21)16(8-5-2)11-13-27-20(24)25;3*1-3-5-7-8-6-4-2;;;/h15-18H,4-14H2,1-3H3,(H,22,23)(H,24,25);3*1,3-8H2,2H3;;;/q-1;;;;;;+1. The molecule has 0 spiro atoms. The number of rotatable bonds is 41. The van der Waals surface area contributed by atoms with Gasteiger partial charge in [0.15, 0.2) is 0 Å². The predicted octanol–water partition coefficient (Wildman–Crippen LogP) is 14.8. The normalized spacial score (nSPS) is 14.1. The molecule has 0 heterocycles. The zero-order valence-corrected chi connectivity index (χ0v) is 42.0. The van der Waals surface area contributed by atoms with Crippen LogP contribution in [-0.4, -0.2) is 82.6 Å². The maximum atomic E-state index is 11.5. The molecule has 0 aromatic carbocycles. The first kappa shape index (κ1) is 54.1. The molecule has 0 saturated carbocycles. The van der Waals surface area contributed by atoms with Crippen molar-refractivity contribution in [1.29, 1.82) is 0 Å². The zero-order chi connectivity index (χ0) is 40.1. The molecule has 0 aliphatic carbocycles. The van der Waals surface area contributed by atoms with Crippen LogP contribution in [0.3, 0.4) is 0 Å². The molecule has 10 heteroatoms. The minimum absolute atomic E-state index is 0.00282. The summed E-state index contributed by atoms with van der Waals surface area (Å²) in [6.07, 6.45) is 29.2. The summed E-state index contributed by atoms with van der Waals surface area (Å²) in [6.45, 7) is 14.0. The Balaban J connectivity index is 6.71. The summed E-state index contributed by atoms with van der Waals surface area (Å²) in [7, 11) is 0. The average molecular weight is 983 g/mol. The number of carbonyl (C=O) groups is 2. The minimum atomic E-state index is -3.62. The Bertz CT molecular complexity index is 831. The molecule has 0 aromatic rings. The molecule has 8 nitrogen and oxygen atoms in total. The van der Waals surface area contributed by atoms with Crippen LogP contribution in [0, 0.1) is 17.8 Å². The molecule has 2 radical (unpaired) electrons. The first-order chi connectivity index (χ1) is 26.2. The number of hydrogen-bond donors (Lipinski definition) is 2. The van der Waals surface area contributed by atoms with Crippen molar-refractivity contribution in [3.63, 3.8) is 0 Å². The van der Waals surface area contributed by atoms with Gasteiger partial charge >= 0.3 is 352 Å². The van der Waals surface area contributed by atoms with Gasteiger partial charge in [-0.3, -0.25) is 0 Å². The Labute approximate surface area is 349 Å². The molecule has 54 heavy (non-hydrogen) atoms. The molecule has 0 aliphatic heterocycles. The second-order valence-corrected chi connectivity index (χ2v) is 31.5. The van der Waals surface area contributed by atoms with Crippen LogP contribution in [0.2, 0.25) is 13.3 Å². The fourth-order valence-corrected chi connectivity index (χ4v) is 31.2. The van der Waals surface area contributed by atoms with Gasteiger partial charge in [0.2, 0.25) is 0 Å². The molecule has 2 N–H and O–H groups in total. The van der Waals surface area contributed by atoms with Crippen molar-refractivity contribution in [2.24, 2.45) is 17.8 Å². The second-order valence-electron chi connectivity index (χ2n) is 16.1. The molecule has 0 aliphatic rings. The van der Waals surface area contributed by atoms with Crippen LogP contribution in [0.4, 0.5) is 9.59 Å². The van der Waals surface area contributed by atoms with Gasteiger partial charge in [-0.25, -0.2) is 0 Å².